The summed E-state index contributed by atoms with van der Waals surface area (Å²) in [5, 5.41) is 0. The molecular weight excluding hydrogens is 497 g/mol. The predicted molar refractivity (Wildman–Crippen MR) is 122 cm³/mol. The molecule has 0 saturated heterocycles. The summed E-state index contributed by atoms with van der Waals surface area (Å²) in [6.07, 6.45) is 6.51. The molecular formula is C27H36INO2. The fourth-order valence-corrected chi connectivity index (χ4v) is 6.11. The Hall–Kier alpha value is -1.40. The number of ether oxygens (including phenoxy) is 1. The zero-order chi connectivity index (χ0) is 21.1. The van der Waals surface area contributed by atoms with Gasteiger partial charge in [0.2, 0.25) is 0 Å². The van der Waals surface area contributed by atoms with Crippen LogP contribution in [0, 0.1) is 11.8 Å². The summed E-state index contributed by atoms with van der Waals surface area (Å²) in [5.41, 5.74) is 3.32. The van der Waals surface area contributed by atoms with E-state index in [4.69, 9.17) is 4.74 Å². The van der Waals surface area contributed by atoms with Gasteiger partial charge in [-0.2, -0.15) is 0 Å². The number of hydrogen-bond acceptors (Lipinski definition) is 2. The summed E-state index contributed by atoms with van der Waals surface area (Å²) >= 11 is 0. The Balaban J connectivity index is 0.00000272. The third-order valence-corrected chi connectivity index (χ3v) is 7.42. The SMILES string of the molecule is CCCC[N+](C)(C)C1C2CCC1C(OC(=O)Cc1ccccc1-c1ccccc1)C2.[I-]. The van der Waals surface area contributed by atoms with Gasteiger partial charge in [0, 0.05) is 11.8 Å². The highest BCUT2D eigenvalue weighted by Gasteiger charge is 2.56. The Kier molecular flexibility index (Phi) is 8.19. The maximum Gasteiger partial charge on any atom is 0.310 e. The maximum absolute atomic E-state index is 12.9. The van der Waals surface area contributed by atoms with Gasteiger partial charge < -0.3 is 33.2 Å². The van der Waals surface area contributed by atoms with Crippen molar-refractivity contribution in [1.29, 1.82) is 0 Å². The van der Waals surface area contributed by atoms with Crippen LogP contribution in [0.25, 0.3) is 11.1 Å². The van der Waals surface area contributed by atoms with E-state index in [0.29, 0.717) is 24.3 Å². The van der Waals surface area contributed by atoms with Crippen molar-refractivity contribution >= 4 is 5.97 Å². The summed E-state index contributed by atoms with van der Waals surface area (Å²) in [6.45, 7) is 3.49. The molecule has 31 heavy (non-hydrogen) atoms. The molecule has 2 aromatic rings. The minimum absolute atomic E-state index is 0. The lowest BCUT2D eigenvalue weighted by atomic mass is 9.96. The number of unbranched alkanes of at least 4 members (excludes halogenated alkanes) is 1. The third kappa shape index (κ3) is 5.33. The number of fused-ring (bicyclic) bond motifs is 2. The molecule has 0 aliphatic heterocycles. The monoisotopic (exact) mass is 533 g/mol. The minimum Gasteiger partial charge on any atom is -1.00 e. The summed E-state index contributed by atoms with van der Waals surface area (Å²) in [4.78, 5) is 12.9. The fraction of sp³-hybridized carbons (Fsp3) is 0.519. The molecule has 4 heteroatoms. The van der Waals surface area contributed by atoms with Crippen molar-refractivity contribution < 1.29 is 38.0 Å². The standard InChI is InChI=1S/C27H36NO2.HI/c1-4-5-17-28(2,3)27-22-15-16-24(27)25(18-22)30-26(29)19-21-13-9-10-14-23(21)20-11-7-6-8-12-20;/h6-14,22,24-25,27H,4-5,15-19H2,1-3H3;1H/q+1;/p-1. The highest BCUT2D eigenvalue weighted by atomic mass is 127. The van der Waals surface area contributed by atoms with Crippen LogP contribution in [-0.2, 0) is 16.0 Å². The smallest absolute Gasteiger partial charge is 0.310 e. The molecule has 0 aromatic heterocycles. The average molecular weight is 533 g/mol. The van der Waals surface area contributed by atoms with Crippen LogP contribution in [0.2, 0.25) is 0 Å². The highest BCUT2D eigenvalue weighted by molar-refractivity contribution is 5.78. The lowest BCUT2D eigenvalue weighted by Gasteiger charge is -2.39. The van der Waals surface area contributed by atoms with Crippen molar-refractivity contribution in [2.45, 2.75) is 57.6 Å². The Labute approximate surface area is 204 Å². The molecule has 2 fully saturated rings. The second kappa shape index (κ2) is 10.5. The van der Waals surface area contributed by atoms with Crippen LogP contribution < -0.4 is 24.0 Å². The first-order valence-electron chi connectivity index (χ1n) is 11.6. The normalized spacial score (nSPS) is 24.6. The van der Waals surface area contributed by atoms with Gasteiger partial charge in [0.15, 0.2) is 0 Å². The molecule has 0 spiro atoms. The number of rotatable bonds is 8. The molecule has 0 amide bonds. The second-order valence-corrected chi connectivity index (χ2v) is 9.81. The molecule has 2 bridgehead atoms. The molecule has 0 heterocycles. The molecule has 4 rings (SSSR count). The molecule has 2 aliphatic rings. The number of carbonyl (C=O) groups excluding carboxylic acids is 1. The Morgan fingerprint density at radius 2 is 1.74 bits per heavy atom. The van der Waals surface area contributed by atoms with Gasteiger partial charge in [-0.1, -0.05) is 67.9 Å². The van der Waals surface area contributed by atoms with E-state index in [-0.39, 0.29) is 36.0 Å². The van der Waals surface area contributed by atoms with E-state index >= 15 is 0 Å². The summed E-state index contributed by atoms with van der Waals surface area (Å²) in [7, 11) is 4.76. The van der Waals surface area contributed by atoms with E-state index in [2.05, 4.69) is 45.3 Å². The first kappa shape index (κ1) is 24.2. The van der Waals surface area contributed by atoms with Gasteiger partial charge in [0.05, 0.1) is 33.1 Å². The molecule has 0 N–H and O–H groups in total. The number of quaternary nitrogens is 1. The van der Waals surface area contributed by atoms with Crippen molar-refractivity contribution in [3.8, 4) is 11.1 Å². The number of benzene rings is 2. The van der Waals surface area contributed by atoms with E-state index in [0.717, 1.165) is 27.6 Å². The van der Waals surface area contributed by atoms with E-state index in [1.165, 1.54) is 32.2 Å². The summed E-state index contributed by atoms with van der Waals surface area (Å²) in [6, 6.07) is 19.1. The molecule has 2 aliphatic carbocycles. The van der Waals surface area contributed by atoms with Crippen molar-refractivity contribution in [1.82, 2.24) is 0 Å². The van der Waals surface area contributed by atoms with Crippen LogP contribution in [0.1, 0.15) is 44.6 Å². The first-order chi connectivity index (χ1) is 14.5. The number of esters is 1. The second-order valence-electron chi connectivity index (χ2n) is 9.81. The lowest BCUT2D eigenvalue weighted by Crippen LogP contribution is -3.00. The van der Waals surface area contributed by atoms with Gasteiger partial charge in [-0.15, -0.1) is 0 Å². The Morgan fingerprint density at radius 3 is 2.48 bits per heavy atom. The van der Waals surface area contributed by atoms with Gasteiger partial charge in [-0.3, -0.25) is 4.79 Å². The third-order valence-electron chi connectivity index (χ3n) is 7.42. The highest BCUT2D eigenvalue weighted by Crippen LogP contribution is 2.50. The molecule has 3 nitrogen and oxygen atoms in total. The van der Waals surface area contributed by atoms with Crippen LogP contribution in [0.5, 0.6) is 0 Å². The van der Waals surface area contributed by atoms with E-state index in [1.807, 2.05) is 30.3 Å². The van der Waals surface area contributed by atoms with Gasteiger partial charge in [0.25, 0.3) is 0 Å². The van der Waals surface area contributed by atoms with Crippen molar-refractivity contribution in [2.24, 2.45) is 11.8 Å². The first-order valence-corrected chi connectivity index (χ1v) is 11.6. The average Bonchev–Trinajstić information content (AvgIpc) is 3.32. The molecule has 4 unspecified atom stereocenters. The summed E-state index contributed by atoms with van der Waals surface area (Å²) in [5.74, 6) is 1.15. The number of carbonyl (C=O) groups is 1. The molecule has 2 saturated carbocycles. The number of hydrogen-bond donors (Lipinski definition) is 0. The maximum atomic E-state index is 12.9. The molecule has 4 atom stereocenters. The summed E-state index contributed by atoms with van der Waals surface area (Å²) < 4.78 is 7.20. The fourth-order valence-electron chi connectivity index (χ4n) is 6.11. The van der Waals surface area contributed by atoms with E-state index < -0.39 is 0 Å². The van der Waals surface area contributed by atoms with Crippen LogP contribution in [-0.4, -0.2) is 43.2 Å². The van der Waals surface area contributed by atoms with Gasteiger partial charge in [-0.25, -0.2) is 0 Å². The van der Waals surface area contributed by atoms with E-state index in [1.54, 1.807) is 0 Å². The van der Waals surface area contributed by atoms with Gasteiger partial charge >= 0.3 is 5.97 Å². The zero-order valence-electron chi connectivity index (χ0n) is 19.1. The Morgan fingerprint density at radius 1 is 1.03 bits per heavy atom. The number of nitrogens with zero attached hydrogens (tertiary/aromatic N) is 1. The van der Waals surface area contributed by atoms with Crippen LogP contribution in [0.3, 0.4) is 0 Å². The minimum atomic E-state index is -0.0754. The van der Waals surface area contributed by atoms with E-state index in [9.17, 15) is 4.79 Å². The topological polar surface area (TPSA) is 26.3 Å². The molecule has 168 valence electrons. The molecule has 2 aromatic carbocycles. The largest absolute Gasteiger partial charge is 1.00 e. The van der Waals surface area contributed by atoms with Gasteiger partial charge in [0.1, 0.15) is 6.10 Å². The zero-order valence-corrected chi connectivity index (χ0v) is 21.3. The number of halogens is 1. The van der Waals surface area contributed by atoms with Gasteiger partial charge in [-0.05, 0) is 42.4 Å². The van der Waals surface area contributed by atoms with Crippen molar-refractivity contribution in [2.75, 3.05) is 20.6 Å². The van der Waals surface area contributed by atoms with Crippen LogP contribution >= 0.6 is 0 Å². The van der Waals surface area contributed by atoms with Crippen LogP contribution in [0.4, 0.5) is 0 Å². The predicted octanol–water partition coefficient (Wildman–Crippen LogP) is 2.49. The van der Waals surface area contributed by atoms with Crippen molar-refractivity contribution in [3.05, 3.63) is 60.2 Å². The van der Waals surface area contributed by atoms with Crippen LogP contribution in [0.15, 0.2) is 54.6 Å². The van der Waals surface area contributed by atoms with Crippen molar-refractivity contribution in [3.63, 3.8) is 0 Å². The molecule has 0 radical (unpaired) electrons. The quantitative estimate of drug-likeness (QED) is 0.296. The lowest BCUT2D eigenvalue weighted by molar-refractivity contribution is -0.919. The Bertz CT molecular complexity index is 867.